The normalized spacial score (nSPS) is 16.7. The monoisotopic (exact) mass is 348 g/mol. The number of benzene rings is 1. The minimum atomic E-state index is 0.0863. The minimum absolute atomic E-state index is 0.0863. The van der Waals surface area contributed by atoms with Gasteiger partial charge in [0.15, 0.2) is 5.78 Å². The zero-order chi connectivity index (χ0) is 17.6. The Labute approximate surface area is 149 Å². The van der Waals surface area contributed by atoms with Crippen LogP contribution < -0.4 is 0 Å². The lowest BCUT2D eigenvalue weighted by Gasteiger charge is -2.34. The van der Waals surface area contributed by atoms with Crippen molar-refractivity contribution in [3.63, 3.8) is 0 Å². The average molecular weight is 349 g/mol. The second kappa shape index (κ2) is 8.67. The van der Waals surface area contributed by atoms with E-state index in [2.05, 4.69) is 25.7 Å². The first-order valence-corrected chi connectivity index (χ1v) is 9.72. The van der Waals surface area contributed by atoms with Crippen LogP contribution in [0.2, 0.25) is 0 Å². The topological polar surface area (TPSA) is 40.6 Å². The van der Waals surface area contributed by atoms with Crippen LogP contribution in [0.5, 0.6) is 0 Å². The Bertz CT molecular complexity index is 554. The summed E-state index contributed by atoms with van der Waals surface area (Å²) in [5, 5.41) is 0. The minimum Gasteiger partial charge on any atom is -0.341 e. The van der Waals surface area contributed by atoms with Gasteiger partial charge in [-0.1, -0.05) is 30.3 Å². The number of thioether (sulfide) groups is 1. The molecule has 1 aliphatic heterocycles. The van der Waals surface area contributed by atoms with Crippen LogP contribution in [0, 0.1) is 0 Å². The van der Waals surface area contributed by atoms with Gasteiger partial charge >= 0.3 is 0 Å². The third-order valence-electron chi connectivity index (χ3n) is 4.35. The summed E-state index contributed by atoms with van der Waals surface area (Å²) in [5.41, 5.74) is 0.864. The molecule has 1 aliphatic rings. The van der Waals surface area contributed by atoms with Gasteiger partial charge in [0.25, 0.3) is 0 Å². The third kappa shape index (κ3) is 5.64. The molecule has 0 atom stereocenters. The zero-order valence-corrected chi connectivity index (χ0v) is 15.8. The predicted octanol–water partition coefficient (Wildman–Crippen LogP) is 2.94. The molecule has 1 heterocycles. The summed E-state index contributed by atoms with van der Waals surface area (Å²) >= 11 is 1.42. The van der Waals surface area contributed by atoms with Gasteiger partial charge in [-0.15, -0.1) is 11.8 Å². The zero-order valence-electron chi connectivity index (χ0n) is 15.0. The van der Waals surface area contributed by atoms with Crippen molar-refractivity contribution in [3.05, 3.63) is 35.9 Å². The van der Waals surface area contributed by atoms with Crippen LogP contribution in [0.4, 0.5) is 0 Å². The molecule has 0 aromatic heterocycles. The first-order valence-electron chi connectivity index (χ1n) is 8.57. The molecule has 1 aromatic carbocycles. The van der Waals surface area contributed by atoms with E-state index in [1.165, 1.54) is 11.8 Å². The van der Waals surface area contributed by atoms with Crippen LogP contribution in [0.25, 0.3) is 0 Å². The maximum Gasteiger partial charge on any atom is 0.232 e. The van der Waals surface area contributed by atoms with E-state index in [0.29, 0.717) is 17.1 Å². The Hall–Kier alpha value is -1.33. The van der Waals surface area contributed by atoms with Crippen molar-refractivity contribution in [2.75, 3.05) is 37.7 Å². The number of carbonyl (C=O) groups is 2. The first-order chi connectivity index (χ1) is 11.4. The van der Waals surface area contributed by atoms with E-state index in [1.54, 1.807) is 0 Å². The second-order valence-corrected chi connectivity index (χ2v) is 8.16. The van der Waals surface area contributed by atoms with Gasteiger partial charge in [0.05, 0.1) is 11.5 Å². The highest BCUT2D eigenvalue weighted by Gasteiger charge is 2.25. The molecule has 0 unspecified atom stereocenters. The standard InChI is InChI=1S/C19H28N2O2S/c1-19(2,3)21-11-7-10-20(12-13-21)18(23)15-24-14-17(22)16-8-5-4-6-9-16/h4-6,8-9H,7,10-15H2,1-3H3. The van der Waals surface area contributed by atoms with Crippen molar-refractivity contribution in [3.8, 4) is 0 Å². The molecule has 0 saturated carbocycles. The molecule has 2 rings (SSSR count). The number of rotatable bonds is 5. The van der Waals surface area contributed by atoms with Gasteiger partial charge in [0.1, 0.15) is 0 Å². The number of hydrogen-bond acceptors (Lipinski definition) is 4. The summed E-state index contributed by atoms with van der Waals surface area (Å²) in [6.07, 6.45) is 1.01. The molecule has 1 amide bonds. The molecule has 1 fully saturated rings. The van der Waals surface area contributed by atoms with Crippen molar-refractivity contribution >= 4 is 23.5 Å². The Morgan fingerprint density at radius 2 is 1.71 bits per heavy atom. The highest BCUT2D eigenvalue weighted by atomic mass is 32.2. The van der Waals surface area contributed by atoms with Crippen LogP contribution >= 0.6 is 11.8 Å². The quantitative estimate of drug-likeness (QED) is 0.767. The molecule has 1 aromatic rings. The fourth-order valence-electron chi connectivity index (χ4n) is 2.87. The van der Waals surface area contributed by atoms with Gasteiger partial charge in [-0.05, 0) is 27.2 Å². The molecule has 0 radical (unpaired) electrons. The van der Waals surface area contributed by atoms with E-state index in [9.17, 15) is 9.59 Å². The molecule has 0 bridgehead atoms. The maximum atomic E-state index is 12.4. The number of hydrogen-bond donors (Lipinski definition) is 0. The first kappa shape index (κ1) is 19.0. The van der Waals surface area contributed by atoms with Crippen LogP contribution in [0.15, 0.2) is 30.3 Å². The highest BCUT2D eigenvalue weighted by Crippen LogP contribution is 2.17. The number of nitrogens with zero attached hydrogens (tertiary/aromatic N) is 2. The lowest BCUT2D eigenvalue weighted by molar-refractivity contribution is -0.128. The van der Waals surface area contributed by atoms with Crippen LogP contribution in [0.1, 0.15) is 37.6 Å². The van der Waals surface area contributed by atoms with Crippen molar-refractivity contribution in [2.45, 2.75) is 32.7 Å². The average Bonchev–Trinajstić information content (AvgIpc) is 2.81. The van der Waals surface area contributed by atoms with Crippen molar-refractivity contribution in [2.24, 2.45) is 0 Å². The molecular weight excluding hydrogens is 320 g/mol. The summed E-state index contributed by atoms with van der Waals surface area (Å²) in [4.78, 5) is 28.8. The molecular formula is C19H28N2O2S. The van der Waals surface area contributed by atoms with Gasteiger partial charge in [0.2, 0.25) is 5.91 Å². The molecule has 1 saturated heterocycles. The lowest BCUT2D eigenvalue weighted by Crippen LogP contribution is -2.44. The van der Waals surface area contributed by atoms with Gasteiger partial charge in [-0.25, -0.2) is 0 Å². The molecule has 132 valence electrons. The van der Waals surface area contributed by atoms with Gasteiger partial charge in [-0.3, -0.25) is 14.5 Å². The fourth-order valence-corrected chi connectivity index (χ4v) is 3.68. The summed E-state index contributed by atoms with van der Waals surface area (Å²) in [6.45, 7) is 10.2. The van der Waals surface area contributed by atoms with Crippen molar-refractivity contribution < 1.29 is 9.59 Å². The van der Waals surface area contributed by atoms with Gasteiger partial charge in [-0.2, -0.15) is 0 Å². The summed E-state index contributed by atoms with van der Waals surface area (Å²) in [7, 11) is 0. The summed E-state index contributed by atoms with van der Waals surface area (Å²) in [5.74, 6) is 0.978. The summed E-state index contributed by atoms with van der Waals surface area (Å²) in [6, 6.07) is 9.26. The molecule has 0 spiro atoms. The Balaban J connectivity index is 1.75. The SMILES string of the molecule is CC(C)(C)N1CCCN(C(=O)CSCC(=O)c2ccccc2)CC1. The molecule has 0 aliphatic carbocycles. The number of amides is 1. The second-order valence-electron chi connectivity index (χ2n) is 7.17. The van der Waals surface area contributed by atoms with Crippen LogP contribution in [-0.2, 0) is 4.79 Å². The molecule has 4 nitrogen and oxygen atoms in total. The van der Waals surface area contributed by atoms with Gasteiger partial charge < -0.3 is 4.90 Å². The smallest absolute Gasteiger partial charge is 0.232 e. The van der Waals surface area contributed by atoms with E-state index in [4.69, 9.17) is 0 Å². The highest BCUT2D eigenvalue weighted by molar-refractivity contribution is 8.00. The Morgan fingerprint density at radius 1 is 1.00 bits per heavy atom. The Morgan fingerprint density at radius 3 is 2.38 bits per heavy atom. The van der Waals surface area contributed by atoms with Crippen molar-refractivity contribution in [1.82, 2.24) is 9.80 Å². The van der Waals surface area contributed by atoms with Gasteiger partial charge in [0, 0.05) is 37.3 Å². The number of carbonyl (C=O) groups excluding carboxylic acids is 2. The van der Waals surface area contributed by atoms with E-state index < -0.39 is 0 Å². The number of Topliss-reactive ketones (excluding diaryl/α,β-unsaturated/α-hetero) is 1. The van der Waals surface area contributed by atoms with Crippen LogP contribution in [-0.4, -0.2) is 64.7 Å². The summed E-state index contributed by atoms with van der Waals surface area (Å²) < 4.78 is 0. The van der Waals surface area contributed by atoms with E-state index in [-0.39, 0.29) is 17.2 Å². The predicted molar refractivity (Wildman–Crippen MR) is 101 cm³/mol. The molecule has 24 heavy (non-hydrogen) atoms. The van der Waals surface area contributed by atoms with E-state index >= 15 is 0 Å². The van der Waals surface area contributed by atoms with E-state index in [1.807, 2.05) is 35.2 Å². The maximum absolute atomic E-state index is 12.4. The third-order valence-corrected chi connectivity index (χ3v) is 5.27. The number of ketones is 1. The largest absolute Gasteiger partial charge is 0.341 e. The van der Waals surface area contributed by atoms with Crippen LogP contribution in [0.3, 0.4) is 0 Å². The lowest BCUT2D eigenvalue weighted by atomic mass is 10.1. The van der Waals surface area contributed by atoms with Crippen molar-refractivity contribution in [1.29, 1.82) is 0 Å². The fraction of sp³-hybridized carbons (Fsp3) is 0.579. The Kier molecular flexibility index (Phi) is 6.87. The van der Waals surface area contributed by atoms with E-state index in [0.717, 1.165) is 32.6 Å². The molecule has 0 N–H and O–H groups in total. The molecule has 5 heteroatoms.